The molecule has 126 valence electrons. The molecule has 2 radical (unpaired) electrons. The third-order valence-electron chi connectivity index (χ3n) is 3.31. The van der Waals surface area contributed by atoms with E-state index in [1.54, 1.807) is 36.7 Å². The van der Waals surface area contributed by atoms with Crippen LogP contribution in [-0.4, -0.2) is 37.1 Å². The highest BCUT2D eigenvalue weighted by atomic mass is 35.5. The summed E-state index contributed by atoms with van der Waals surface area (Å²) in [5.41, 5.74) is 4.13. The standard InChI is InChI=1S/C16H13BClN3O4/c17-9-1-2-12(11(18)7-9)20-14-10-8-19-4-3-13(10)25-15(14)16(23)21-24-6-5-22/h1-4,7-8,20,22H,5-6H2,(H,21,23). The Kier molecular flexibility index (Phi) is 5.23. The molecule has 1 amide bonds. The zero-order valence-electron chi connectivity index (χ0n) is 13.0. The van der Waals surface area contributed by atoms with Gasteiger partial charge in [0.15, 0.2) is 0 Å². The number of carbonyl (C=O) groups excluding carboxylic acids is 1. The second kappa shape index (κ2) is 7.56. The van der Waals surface area contributed by atoms with Gasteiger partial charge in [-0.3, -0.25) is 14.6 Å². The van der Waals surface area contributed by atoms with E-state index in [1.807, 2.05) is 0 Å². The average molecular weight is 358 g/mol. The molecule has 0 saturated carbocycles. The highest BCUT2D eigenvalue weighted by Crippen LogP contribution is 2.34. The van der Waals surface area contributed by atoms with Crippen LogP contribution in [0.1, 0.15) is 10.6 Å². The number of nitrogens with zero attached hydrogens (tertiary/aromatic N) is 1. The van der Waals surface area contributed by atoms with Crippen molar-refractivity contribution in [2.45, 2.75) is 0 Å². The SMILES string of the molecule is [B]c1ccc(Nc2c(C(=O)NOCCO)oc3ccncc23)c(Cl)c1. The molecule has 3 N–H and O–H groups in total. The van der Waals surface area contributed by atoms with E-state index < -0.39 is 5.91 Å². The lowest BCUT2D eigenvalue weighted by Gasteiger charge is -2.10. The molecule has 0 atom stereocenters. The summed E-state index contributed by atoms with van der Waals surface area (Å²) in [6.45, 7) is -0.267. The molecule has 0 aliphatic heterocycles. The van der Waals surface area contributed by atoms with Gasteiger partial charge in [-0.05, 0) is 18.2 Å². The minimum atomic E-state index is -0.612. The molecule has 2 aromatic heterocycles. The number of fused-ring (bicyclic) bond motifs is 1. The van der Waals surface area contributed by atoms with Crippen LogP contribution < -0.4 is 16.3 Å². The van der Waals surface area contributed by atoms with Crippen molar-refractivity contribution in [3.05, 3.63) is 47.4 Å². The van der Waals surface area contributed by atoms with Crippen molar-refractivity contribution >= 4 is 53.2 Å². The molecule has 0 aliphatic carbocycles. The summed E-state index contributed by atoms with van der Waals surface area (Å²) >= 11 is 6.19. The number of anilines is 2. The Morgan fingerprint density at radius 2 is 2.24 bits per heavy atom. The molecule has 0 unspecified atom stereocenters. The molecule has 0 saturated heterocycles. The minimum absolute atomic E-state index is 0.00571. The number of hydrogen-bond donors (Lipinski definition) is 3. The van der Waals surface area contributed by atoms with Gasteiger partial charge < -0.3 is 14.8 Å². The Hall–Kier alpha value is -2.55. The molecule has 1 aromatic carbocycles. The van der Waals surface area contributed by atoms with Gasteiger partial charge in [-0.25, -0.2) is 5.48 Å². The van der Waals surface area contributed by atoms with Crippen molar-refractivity contribution in [1.82, 2.24) is 10.5 Å². The van der Waals surface area contributed by atoms with Gasteiger partial charge in [0.2, 0.25) is 5.76 Å². The Labute approximate surface area is 149 Å². The fourth-order valence-electron chi connectivity index (χ4n) is 2.20. The van der Waals surface area contributed by atoms with Crippen molar-refractivity contribution in [2.24, 2.45) is 0 Å². The molecule has 0 bridgehead atoms. The van der Waals surface area contributed by atoms with E-state index in [2.05, 4.69) is 15.8 Å². The van der Waals surface area contributed by atoms with Crippen LogP contribution in [0.25, 0.3) is 11.0 Å². The van der Waals surface area contributed by atoms with E-state index in [0.29, 0.717) is 32.8 Å². The molecule has 0 fully saturated rings. The normalized spacial score (nSPS) is 10.8. The number of furan rings is 1. The van der Waals surface area contributed by atoms with Crippen LogP contribution in [0.5, 0.6) is 0 Å². The fourth-order valence-corrected chi connectivity index (χ4v) is 2.44. The summed E-state index contributed by atoms with van der Waals surface area (Å²) in [5.74, 6) is -0.618. The second-order valence-corrected chi connectivity index (χ2v) is 5.45. The number of halogens is 1. The molecule has 0 spiro atoms. The van der Waals surface area contributed by atoms with Crippen molar-refractivity contribution < 1.29 is 19.2 Å². The maximum absolute atomic E-state index is 12.3. The molecule has 0 aliphatic rings. The number of aliphatic hydroxyl groups excluding tert-OH is 1. The summed E-state index contributed by atoms with van der Waals surface area (Å²) in [6.07, 6.45) is 3.12. The highest BCUT2D eigenvalue weighted by Gasteiger charge is 2.22. The van der Waals surface area contributed by atoms with Crippen molar-refractivity contribution in [2.75, 3.05) is 18.5 Å². The van der Waals surface area contributed by atoms with Gasteiger partial charge >= 0.3 is 5.91 Å². The van der Waals surface area contributed by atoms with E-state index in [0.717, 1.165) is 0 Å². The van der Waals surface area contributed by atoms with Crippen molar-refractivity contribution in [1.29, 1.82) is 0 Å². The Balaban J connectivity index is 1.99. The van der Waals surface area contributed by atoms with E-state index in [9.17, 15) is 4.79 Å². The number of rotatable bonds is 6. The molecule has 25 heavy (non-hydrogen) atoms. The molecule has 3 aromatic rings. The number of carbonyl (C=O) groups is 1. The van der Waals surface area contributed by atoms with E-state index in [-0.39, 0.29) is 19.0 Å². The Morgan fingerprint density at radius 1 is 1.40 bits per heavy atom. The van der Waals surface area contributed by atoms with Crippen LogP contribution in [0.2, 0.25) is 5.02 Å². The fraction of sp³-hybridized carbons (Fsp3) is 0.125. The van der Waals surface area contributed by atoms with Crippen LogP contribution in [-0.2, 0) is 4.84 Å². The first-order valence-electron chi connectivity index (χ1n) is 7.31. The number of benzene rings is 1. The number of pyridine rings is 1. The molecule has 3 rings (SSSR count). The molecular formula is C16H13BClN3O4. The van der Waals surface area contributed by atoms with Crippen LogP contribution in [0.15, 0.2) is 41.1 Å². The molecule has 2 heterocycles. The van der Waals surface area contributed by atoms with E-state index in [4.69, 9.17) is 33.8 Å². The topological polar surface area (TPSA) is 96.6 Å². The first-order chi connectivity index (χ1) is 12.1. The van der Waals surface area contributed by atoms with E-state index in [1.165, 1.54) is 0 Å². The number of aliphatic hydroxyl groups is 1. The highest BCUT2D eigenvalue weighted by molar-refractivity contribution is 6.38. The maximum Gasteiger partial charge on any atom is 0.312 e. The summed E-state index contributed by atoms with van der Waals surface area (Å²) in [7, 11) is 5.70. The zero-order chi connectivity index (χ0) is 17.8. The van der Waals surface area contributed by atoms with Crippen LogP contribution in [0, 0.1) is 0 Å². The van der Waals surface area contributed by atoms with E-state index >= 15 is 0 Å². The number of hydrogen-bond acceptors (Lipinski definition) is 6. The van der Waals surface area contributed by atoms with Gasteiger partial charge in [0.1, 0.15) is 19.1 Å². The monoisotopic (exact) mass is 357 g/mol. The summed E-state index contributed by atoms with van der Waals surface area (Å²) in [6, 6.07) is 6.60. The summed E-state index contributed by atoms with van der Waals surface area (Å²) in [4.78, 5) is 21.2. The van der Waals surface area contributed by atoms with Gasteiger partial charge in [0.25, 0.3) is 0 Å². The lowest BCUT2D eigenvalue weighted by atomic mass is 9.96. The number of hydroxylamine groups is 1. The van der Waals surface area contributed by atoms with Gasteiger partial charge in [-0.2, -0.15) is 0 Å². The van der Waals surface area contributed by atoms with Crippen molar-refractivity contribution in [3.63, 3.8) is 0 Å². The molecule has 7 nitrogen and oxygen atoms in total. The van der Waals surface area contributed by atoms with Gasteiger partial charge in [0, 0.05) is 12.4 Å². The Morgan fingerprint density at radius 3 is 3.00 bits per heavy atom. The third kappa shape index (κ3) is 3.76. The maximum atomic E-state index is 12.3. The third-order valence-corrected chi connectivity index (χ3v) is 3.62. The minimum Gasteiger partial charge on any atom is -0.448 e. The van der Waals surface area contributed by atoms with Gasteiger partial charge in [-0.1, -0.05) is 23.1 Å². The first kappa shape index (κ1) is 17.3. The summed E-state index contributed by atoms with van der Waals surface area (Å²) in [5, 5.41) is 12.8. The van der Waals surface area contributed by atoms with Crippen molar-refractivity contribution in [3.8, 4) is 0 Å². The number of amides is 1. The predicted octanol–water partition coefficient (Wildman–Crippen LogP) is 1.67. The summed E-state index contributed by atoms with van der Waals surface area (Å²) < 4.78 is 5.60. The second-order valence-electron chi connectivity index (χ2n) is 5.05. The van der Waals surface area contributed by atoms with Gasteiger partial charge in [0.05, 0.1) is 29.3 Å². The average Bonchev–Trinajstić information content (AvgIpc) is 2.96. The van der Waals surface area contributed by atoms with Gasteiger partial charge in [-0.15, -0.1) is 0 Å². The van der Waals surface area contributed by atoms with Crippen LogP contribution >= 0.6 is 11.6 Å². The predicted molar refractivity (Wildman–Crippen MR) is 94.6 cm³/mol. The largest absolute Gasteiger partial charge is 0.448 e. The smallest absolute Gasteiger partial charge is 0.312 e. The Bertz CT molecular complexity index is 916. The zero-order valence-corrected chi connectivity index (χ0v) is 13.7. The number of nitrogens with one attached hydrogen (secondary N) is 2. The lowest BCUT2D eigenvalue weighted by molar-refractivity contribution is 0.0152. The number of aromatic nitrogens is 1. The van der Waals surface area contributed by atoms with Crippen LogP contribution in [0.4, 0.5) is 11.4 Å². The lowest BCUT2D eigenvalue weighted by Crippen LogP contribution is -2.25. The molecule has 9 heteroatoms. The molecular weight excluding hydrogens is 344 g/mol. The van der Waals surface area contributed by atoms with Crippen LogP contribution in [0.3, 0.4) is 0 Å². The quantitative estimate of drug-likeness (QED) is 0.353. The first-order valence-corrected chi connectivity index (χ1v) is 7.69.